The average molecular weight is 913 g/mol. The van der Waals surface area contributed by atoms with Crippen LogP contribution in [0.5, 0.6) is 0 Å². The Bertz CT molecular complexity index is 2420. The molecule has 0 saturated carbocycles. The number of nitrogens with two attached hydrogens (primary N) is 1. The summed E-state index contributed by atoms with van der Waals surface area (Å²) in [5, 5.41) is 34.3. The third-order valence-corrected chi connectivity index (χ3v) is 11.2. The number of fused-ring (bicyclic) bond motifs is 1. The Morgan fingerprint density at radius 3 is 1.80 bits per heavy atom. The van der Waals surface area contributed by atoms with E-state index in [1.54, 1.807) is 6.20 Å². The molecule has 6 amide bonds. The average Bonchev–Trinajstić information content (AvgIpc) is 4.16. The molecule has 6 rings (SSSR count). The number of rotatable bonds is 23. The zero-order valence-electron chi connectivity index (χ0n) is 36.5. The largest absolute Gasteiger partial charge is 0.480 e. The Kier molecular flexibility index (Phi) is 16.4. The van der Waals surface area contributed by atoms with Gasteiger partial charge in [0.25, 0.3) is 0 Å². The Labute approximate surface area is 378 Å². The molecule has 1 aliphatic heterocycles. The summed E-state index contributed by atoms with van der Waals surface area (Å²) >= 11 is 0. The molecule has 1 aromatic carbocycles. The molecule has 13 N–H and O–H groups in total. The van der Waals surface area contributed by atoms with Crippen molar-refractivity contribution in [3.05, 3.63) is 90.7 Å². The van der Waals surface area contributed by atoms with E-state index in [1.807, 2.05) is 38.1 Å². The van der Waals surface area contributed by atoms with Crippen LogP contribution in [0.2, 0.25) is 0 Å². The first kappa shape index (κ1) is 48.1. The van der Waals surface area contributed by atoms with Crippen molar-refractivity contribution in [3.8, 4) is 0 Å². The van der Waals surface area contributed by atoms with Crippen LogP contribution < -0.4 is 32.3 Å². The highest BCUT2D eigenvalue weighted by Crippen LogP contribution is 2.21. The van der Waals surface area contributed by atoms with Crippen LogP contribution in [-0.4, -0.2) is 147 Å². The topological polar surface area (TPSA) is 351 Å². The lowest BCUT2D eigenvalue weighted by Crippen LogP contribution is -2.60. The summed E-state index contributed by atoms with van der Waals surface area (Å²) in [5.41, 5.74) is 9.36. The van der Waals surface area contributed by atoms with Crippen LogP contribution in [0.1, 0.15) is 55.8 Å². The lowest BCUT2D eigenvalue weighted by molar-refractivity contribution is -0.143. The minimum atomic E-state index is -1.49. The number of hydrogen-bond donors (Lipinski definition) is 12. The van der Waals surface area contributed by atoms with E-state index < -0.39 is 90.3 Å². The highest BCUT2D eigenvalue weighted by atomic mass is 16.4. The Morgan fingerprint density at radius 2 is 1.24 bits per heavy atom. The Morgan fingerprint density at radius 1 is 0.712 bits per heavy atom. The number of aliphatic carboxylic acids is 1. The van der Waals surface area contributed by atoms with E-state index >= 15 is 0 Å². The predicted molar refractivity (Wildman–Crippen MR) is 235 cm³/mol. The van der Waals surface area contributed by atoms with Gasteiger partial charge in [-0.05, 0) is 43.2 Å². The van der Waals surface area contributed by atoms with Crippen molar-refractivity contribution < 1.29 is 43.8 Å². The molecule has 23 heteroatoms. The summed E-state index contributed by atoms with van der Waals surface area (Å²) in [6.45, 7) is 2.97. The van der Waals surface area contributed by atoms with Crippen LogP contribution in [0.25, 0.3) is 10.9 Å². The van der Waals surface area contributed by atoms with Crippen LogP contribution in [-0.2, 0) is 59.2 Å². The maximum Gasteiger partial charge on any atom is 0.326 e. The number of H-pyrrole nitrogens is 4. The second-order valence-electron chi connectivity index (χ2n) is 16.7. The fourth-order valence-electron chi connectivity index (χ4n) is 7.85. The van der Waals surface area contributed by atoms with Crippen LogP contribution in [0.3, 0.4) is 0 Å². The molecule has 23 nitrogen and oxygen atoms in total. The van der Waals surface area contributed by atoms with Crippen LogP contribution in [0, 0.1) is 5.92 Å². The molecule has 1 saturated heterocycles. The van der Waals surface area contributed by atoms with E-state index in [-0.39, 0.29) is 51.0 Å². The van der Waals surface area contributed by atoms with Gasteiger partial charge in [0.05, 0.1) is 31.6 Å². The first-order valence-corrected chi connectivity index (χ1v) is 21.6. The van der Waals surface area contributed by atoms with E-state index in [2.05, 4.69) is 61.5 Å². The van der Waals surface area contributed by atoms with Gasteiger partial charge in [0.1, 0.15) is 36.3 Å². The lowest BCUT2D eigenvalue weighted by Gasteiger charge is -2.30. The molecule has 1 aliphatic rings. The second kappa shape index (κ2) is 22.5. The second-order valence-corrected chi connectivity index (χ2v) is 16.7. The van der Waals surface area contributed by atoms with Crippen LogP contribution in [0.15, 0.2) is 68.0 Å². The van der Waals surface area contributed by atoms with Gasteiger partial charge < -0.3 is 67.4 Å². The standard InChI is InChI=1S/C43H56N14O9/c1-23(2)10-31(52-37(59)29(44)11-24-15-48-30-7-4-3-6-28(24)30)38(60)56-35(19-58)42(64)57-9-5-8-36(57)41(63)54-33(13-26-17-46-21-50-26)39(61)53-32(12-25-16-45-20-49-25)40(62)55-34(43(65)66)14-27-18-47-22-51-27/h3-4,6-7,15-18,20-23,29,31-36,48,58H,5,8-14,19,44H2,1-2H3,(H,45,49)(H,46,50)(H,47,51)(H,52,59)(H,53,61)(H,54,63)(H,55,62)(H,56,60)(H,65,66)/t29-,31-,32-,33-,34-,35-,36-/m0/s1. The number of hydrogen-bond acceptors (Lipinski definition) is 12. The third-order valence-electron chi connectivity index (χ3n) is 11.2. The molecule has 0 radical (unpaired) electrons. The van der Waals surface area contributed by atoms with E-state index in [1.165, 1.54) is 42.5 Å². The Balaban J connectivity index is 1.12. The predicted octanol–water partition coefficient (Wildman–Crippen LogP) is -1.53. The number of amides is 6. The Hall–Kier alpha value is -7.40. The smallest absolute Gasteiger partial charge is 0.326 e. The van der Waals surface area contributed by atoms with Crippen molar-refractivity contribution in [1.29, 1.82) is 0 Å². The van der Waals surface area contributed by atoms with Crippen molar-refractivity contribution in [2.75, 3.05) is 13.2 Å². The number of benzene rings is 1. The number of nitrogens with zero attached hydrogens (tertiary/aromatic N) is 4. The quantitative estimate of drug-likeness (QED) is 0.0355. The van der Waals surface area contributed by atoms with Crippen LogP contribution >= 0.6 is 0 Å². The van der Waals surface area contributed by atoms with E-state index in [9.17, 15) is 43.8 Å². The third kappa shape index (κ3) is 12.7. The van der Waals surface area contributed by atoms with Gasteiger partial charge in [-0.3, -0.25) is 28.8 Å². The number of aromatic amines is 4. The molecule has 5 aromatic rings. The minimum Gasteiger partial charge on any atom is -0.480 e. The molecular weight excluding hydrogens is 857 g/mol. The zero-order valence-corrected chi connectivity index (χ0v) is 36.5. The van der Waals surface area contributed by atoms with E-state index in [0.717, 1.165) is 16.5 Å². The molecule has 0 bridgehead atoms. The van der Waals surface area contributed by atoms with Crippen molar-refractivity contribution in [3.63, 3.8) is 0 Å². The number of aromatic nitrogens is 7. The van der Waals surface area contributed by atoms with Crippen molar-refractivity contribution in [1.82, 2.24) is 66.4 Å². The van der Waals surface area contributed by atoms with Gasteiger partial charge in [-0.25, -0.2) is 19.7 Å². The molecule has 5 heterocycles. The SMILES string of the molecule is CC(C)C[C@H](NC(=O)[C@@H](N)Cc1c[nH]c2ccccc12)C(=O)N[C@@H](CO)C(=O)N1CCC[C@H]1C(=O)N[C@@H](Cc1cnc[nH]1)C(=O)N[C@@H](Cc1cnc[nH]1)C(=O)N[C@@H](Cc1cnc[nH]1)C(=O)O. The molecular formula is C43H56N14O9. The maximum atomic E-state index is 14.1. The first-order valence-electron chi connectivity index (χ1n) is 21.6. The maximum absolute atomic E-state index is 14.1. The summed E-state index contributed by atoms with van der Waals surface area (Å²) < 4.78 is 0. The van der Waals surface area contributed by atoms with Crippen molar-refractivity contribution >= 4 is 52.3 Å². The van der Waals surface area contributed by atoms with Gasteiger partial charge in [-0.1, -0.05) is 32.0 Å². The molecule has 1 fully saturated rings. The summed E-state index contributed by atoms with van der Waals surface area (Å²) in [7, 11) is 0. The molecule has 4 aromatic heterocycles. The number of imidazole rings is 3. The van der Waals surface area contributed by atoms with Gasteiger partial charge in [-0.2, -0.15) is 0 Å². The lowest BCUT2D eigenvalue weighted by atomic mass is 10.0. The highest BCUT2D eigenvalue weighted by Gasteiger charge is 2.40. The number of carboxylic acids is 1. The molecule has 0 spiro atoms. The van der Waals surface area contributed by atoms with E-state index in [0.29, 0.717) is 23.5 Å². The molecule has 0 aliphatic carbocycles. The molecule has 7 atom stereocenters. The van der Waals surface area contributed by atoms with Gasteiger partial charge in [0.2, 0.25) is 35.4 Å². The number of likely N-dealkylation sites (tertiary alicyclic amines) is 1. The number of carbonyl (C=O) groups excluding carboxylic acids is 6. The van der Waals surface area contributed by atoms with Gasteiger partial charge >= 0.3 is 5.97 Å². The zero-order chi connectivity index (χ0) is 47.3. The summed E-state index contributed by atoms with van der Waals surface area (Å²) in [5.74, 6) is -5.84. The number of nitrogens with one attached hydrogen (secondary N) is 9. The fraction of sp³-hybridized carbons (Fsp3) is 0.442. The summed E-state index contributed by atoms with van der Waals surface area (Å²) in [6.07, 6.45) is 10.8. The number of aliphatic hydroxyl groups is 1. The van der Waals surface area contributed by atoms with Crippen LogP contribution in [0.4, 0.5) is 0 Å². The number of para-hydroxylation sites is 1. The normalized spacial score (nSPS) is 16.4. The van der Waals surface area contributed by atoms with E-state index in [4.69, 9.17) is 5.73 Å². The van der Waals surface area contributed by atoms with Gasteiger partial charge in [-0.15, -0.1) is 0 Å². The molecule has 0 unspecified atom stereocenters. The molecule has 352 valence electrons. The van der Waals surface area contributed by atoms with Gasteiger partial charge in [0.15, 0.2) is 0 Å². The van der Waals surface area contributed by atoms with Crippen molar-refractivity contribution in [2.45, 2.75) is 101 Å². The molecule has 66 heavy (non-hydrogen) atoms. The summed E-state index contributed by atoms with van der Waals surface area (Å²) in [4.78, 5) is 120. The van der Waals surface area contributed by atoms with Gasteiger partial charge in [0, 0.05) is 78.6 Å². The minimum absolute atomic E-state index is 0.0721. The number of carbonyl (C=O) groups is 7. The number of carboxylic acid groups (broad SMARTS) is 1. The summed E-state index contributed by atoms with van der Waals surface area (Å²) in [6, 6.07) is -1.25. The number of aliphatic hydroxyl groups excluding tert-OH is 1. The monoisotopic (exact) mass is 912 g/mol. The fourth-order valence-corrected chi connectivity index (χ4v) is 7.85. The first-order chi connectivity index (χ1) is 31.7. The van der Waals surface area contributed by atoms with Crippen molar-refractivity contribution in [2.24, 2.45) is 11.7 Å². The highest BCUT2D eigenvalue weighted by molar-refractivity contribution is 5.97.